The highest BCUT2D eigenvalue weighted by molar-refractivity contribution is 7.90. The molecule has 0 aromatic heterocycles. The van der Waals surface area contributed by atoms with Crippen LogP contribution in [0.1, 0.15) is 32.6 Å². The van der Waals surface area contributed by atoms with Crippen molar-refractivity contribution in [3.63, 3.8) is 0 Å². The van der Waals surface area contributed by atoms with E-state index in [1.807, 2.05) is 32.0 Å². The van der Waals surface area contributed by atoms with E-state index in [0.29, 0.717) is 28.1 Å². The van der Waals surface area contributed by atoms with Crippen LogP contribution < -0.4 is 10.1 Å². The Bertz CT molecular complexity index is 1440. The van der Waals surface area contributed by atoms with E-state index < -0.39 is 10.0 Å². The summed E-state index contributed by atoms with van der Waals surface area (Å²) in [4.78, 5) is 13.3. The maximum atomic E-state index is 13.3. The molecule has 4 rings (SSSR count). The lowest BCUT2D eigenvalue weighted by Crippen LogP contribution is -2.23. The number of carbonyl (C=O) groups is 1. The van der Waals surface area contributed by atoms with Gasteiger partial charge in [0.1, 0.15) is 5.75 Å². The molecule has 7 heteroatoms. The zero-order valence-corrected chi connectivity index (χ0v) is 19.7. The lowest BCUT2D eigenvalue weighted by atomic mass is 9.92. The number of carbonyl (C=O) groups excluding carboxylic acids is 1. The maximum absolute atomic E-state index is 13.3. The van der Waals surface area contributed by atoms with Crippen LogP contribution in [0.3, 0.4) is 0 Å². The van der Waals surface area contributed by atoms with Crippen LogP contribution in [0, 0.1) is 20.8 Å². The molecule has 0 spiro atoms. The Morgan fingerprint density at radius 1 is 0.848 bits per heavy atom. The smallest absolute Gasteiger partial charge is 0.283 e. The third-order valence-electron chi connectivity index (χ3n) is 5.64. The molecule has 0 unspecified atom stereocenters. The first-order chi connectivity index (χ1) is 15.7. The minimum Gasteiger partial charge on any atom is -0.495 e. The number of ether oxygens (including phenoxy) is 1. The van der Waals surface area contributed by atoms with Gasteiger partial charge >= 0.3 is 0 Å². The monoisotopic (exact) mass is 460 g/mol. The fraction of sp³-hybridized carbons (Fsp3) is 0.154. The molecule has 0 saturated heterocycles. The Hall–Kier alpha value is -3.71. The van der Waals surface area contributed by atoms with E-state index in [1.165, 1.54) is 13.2 Å². The molecule has 3 aromatic rings. The Balaban J connectivity index is 1.86. The van der Waals surface area contributed by atoms with E-state index in [4.69, 9.17) is 4.74 Å². The molecular formula is C26H24N2O4S. The summed E-state index contributed by atoms with van der Waals surface area (Å²) in [6.07, 6.45) is 1.48. The van der Waals surface area contributed by atoms with E-state index in [-0.39, 0.29) is 22.1 Å². The van der Waals surface area contributed by atoms with Crippen molar-refractivity contribution in [1.29, 1.82) is 0 Å². The summed E-state index contributed by atoms with van der Waals surface area (Å²) < 4.78 is 36.1. The largest absolute Gasteiger partial charge is 0.495 e. The van der Waals surface area contributed by atoms with Crippen molar-refractivity contribution in [1.82, 2.24) is 0 Å². The molecule has 1 aliphatic carbocycles. The Morgan fingerprint density at radius 2 is 1.48 bits per heavy atom. The molecule has 1 aliphatic rings. The fourth-order valence-electron chi connectivity index (χ4n) is 3.78. The number of nitrogens with one attached hydrogen (secondary N) is 1. The SMILES string of the molecule is COc1ccccc1NC1=C/C(=N\S(=O)(=O)c2cc(C)c(C)cc2C)c2ccccc2C1=O. The van der Waals surface area contributed by atoms with Crippen molar-refractivity contribution in [2.45, 2.75) is 25.7 Å². The van der Waals surface area contributed by atoms with Gasteiger partial charge in [-0.25, -0.2) is 0 Å². The van der Waals surface area contributed by atoms with Crippen molar-refractivity contribution < 1.29 is 17.9 Å². The topological polar surface area (TPSA) is 84.8 Å². The number of anilines is 1. The standard InChI is InChI=1S/C26H24N2O4S/c1-16-13-18(3)25(14-17(16)2)33(30,31)28-22-15-23(26(29)20-10-6-5-9-19(20)22)27-21-11-7-8-12-24(21)32-4/h5-15,27H,1-4H3/b28-22+. The molecule has 0 fully saturated rings. The van der Waals surface area contributed by atoms with Crippen molar-refractivity contribution in [3.8, 4) is 5.75 Å². The van der Waals surface area contributed by atoms with Gasteiger partial charge < -0.3 is 10.1 Å². The van der Waals surface area contributed by atoms with Gasteiger partial charge in [0.25, 0.3) is 10.0 Å². The van der Waals surface area contributed by atoms with Crippen molar-refractivity contribution in [2.75, 3.05) is 12.4 Å². The number of allylic oxidation sites excluding steroid dienone is 2. The number of benzene rings is 3. The van der Waals surface area contributed by atoms with Gasteiger partial charge in [-0.2, -0.15) is 12.8 Å². The number of methoxy groups -OCH3 is 1. The van der Waals surface area contributed by atoms with Gasteiger partial charge in [-0.3, -0.25) is 4.79 Å². The molecule has 1 N–H and O–H groups in total. The third-order valence-corrected chi connectivity index (χ3v) is 7.07. The number of Topliss-reactive ketones (excluding diaryl/α,β-unsaturated/α-hetero) is 1. The maximum Gasteiger partial charge on any atom is 0.283 e. The number of nitrogens with zero attached hydrogens (tertiary/aromatic N) is 1. The molecule has 0 saturated carbocycles. The Morgan fingerprint density at radius 3 is 2.21 bits per heavy atom. The summed E-state index contributed by atoms with van der Waals surface area (Å²) in [5, 5.41) is 3.09. The number of aryl methyl sites for hydroxylation is 3. The molecule has 3 aromatic carbocycles. The second-order valence-corrected chi connectivity index (χ2v) is 9.48. The van der Waals surface area contributed by atoms with Crippen LogP contribution in [0.15, 0.2) is 81.7 Å². The van der Waals surface area contributed by atoms with Crippen LogP contribution in [0.2, 0.25) is 0 Å². The predicted molar refractivity (Wildman–Crippen MR) is 130 cm³/mol. The van der Waals surface area contributed by atoms with Crippen LogP contribution in [0.4, 0.5) is 5.69 Å². The summed E-state index contributed by atoms with van der Waals surface area (Å²) in [5.74, 6) is 0.303. The summed E-state index contributed by atoms with van der Waals surface area (Å²) in [5.41, 5.74) is 4.35. The van der Waals surface area contributed by atoms with Crippen molar-refractivity contribution in [3.05, 3.63) is 100 Å². The number of rotatable bonds is 5. The van der Waals surface area contributed by atoms with Crippen LogP contribution in [-0.4, -0.2) is 27.0 Å². The zero-order valence-electron chi connectivity index (χ0n) is 18.8. The molecule has 0 heterocycles. The van der Waals surface area contributed by atoms with Crippen LogP contribution in [0.5, 0.6) is 5.75 Å². The second kappa shape index (κ2) is 8.67. The summed E-state index contributed by atoms with van der Waals surface area (Å²) in [7, 11) is -2.48. The summed E-state index contributed by atoms with van der Waals surface area (Å²) in [6.45, 7) is 5.55. The zero-order chi connectivity index (χ0) is 23.8. The lowest BCUT2D eigenvalue weighted by Gasteiger charge is -2.20. The average Bonchev–Trinajstić information content (AvgIpc) is 2.79. The number of hydrogen-bond donors (Lipinski definition) is 1. The predicted octanol–water partition coefficient (Wildman–Crippen LogP) is 4.99. The quantitative estimate of drug-likeness (QED) is 0.580. The van der Waals surface area contributed by atoms with Crippen molar-refractivity contribution in [2.24, 2.45) is 4.40 Å². The molecule has 0 radical (unpaired) electrons. The molecule has 0 atom stereocenters. The first-order valence-corrected chi connectivity index (χ1v) is 11.8. The van der Waals surface area contributed by atoms with Crippen LogP contribution in [-0.2, 0) is 10.0 Å². The first-order valence-electron chi connectivity index (χ1n) is 10.4. The fourth-order valence-corrected chi connectivity index (χ4v) is 5.08. The second-order valence-electron chi connectivity index (χ2n) is 7.91. The Labute approximate surface area is 193 Å². The number of hydrogen-bond acceptors (Lipinski definition) is 5. The molecule has 168 valence electrons. The normalized spacial score (nSPS) is 14.6. The molecule has 33 heavy (non-hydrogen) atoms. The highest BCUT2D eigenvalue weighted by Gasteiger charge is 2.27. The molecule has 0 bridgehead atoms. The first kappa shape index (κ1) is 22.5. The minimum absolute atomic E-state index is 0.153. The van der Waals surface area contributed by atoms with E-state index in [9.17, 15) is 13.2 Å². The molecule has 0 amide bonds. The van der Waals surface area contributed by atoms with Gasteiger partial charge in [-0.05, 0) is 61.7 Å². The number of ketones is 1. The minimum atomic E-state index is -4.02. The van der Waals surface area contributed by atoms with Crippen LogP contribution in [0.25, 0.3) is 0 Å². The molecular weight excluding hydrogens is 436 g/mol. The Kier molecular flexibility index (Phi) is 5.91. The van der Waals surface area contributed by atoms with Gasteiger partial charge in [0, 0.05) is 11.1 Å². The van der Waals surface area contributed by atoms with Gasteiger partial charge in [-0.15, -0.1) is 0 Å². The van der Waals surface area contributed by atoms with Gasteiger partial charge in [0.15, 0.2) is 0 Å². The number of fused-ring (bicyclic) bond motifs is 1. The number of para-hydroxylation sites is 2. The highest BCUT2D eigenvalue weighted by Crippen LogP contribution is 2.29. The van der Waals surface area contributed by atoms with Crippen LogP contribution >= 0.6 is 0 Å². The highest BCUT2D eigenvalue weighted by atomic mass is 32.2. The van der Waals surface area contributed by atoms with Crippen molar-refractivity contribution >= 4 is 27.2 Å². The lowest BCUT2D eigenvalue weighted by molar-refractivity contribution is 0.103. The van der Waals surface area contributed by atoms with Gasteiger partial charge in [0.05, 0.1) is 29.1 Å². The number of sulfonamides is 1. The molecule has 6 nitrogen and oxygen atoms in total. The van der Waals surface area contributed by atoms with E-state index in [0.717, 1.165) is 11.1 Å². The average molecular weight is 461 g/mol. The van der Waals surface area contributed by atoms with E-state index in [1.54, 1.807) is 49.4 Å². The molecule has 0 aliphatic heterocycles. The third kappa shape index (κ3) is 4.32. The summed E-state index contributed by atoms with van der Waals surface area (Å²) >= 11 is 0. The summed E-state index contributed by atoms with van der Waals surface area (Å²) in [6, 6.07) is 17.5. The van der Waals surface area contributed by atoms with Gasteiger partial charge in [-0.1, -0.05) is 42.5 Å². The van der Waals surface area contributed by atoms with Gasteiger partial charge in [0.2, 0.25) is 5.78 Å². The van der Waals surface area contributed by atoms with E-state index in [2.05, 4.69) is 9.71 Å². The van der Waals surface area contributed by atoms with E-state index >= 15 is 0 Å².